The summed E-state index contributed by atoms with van der Waals surface area (Å²) in [7, 11) is 0. The van der Waals surface area contributed by atoms with Crippen LogP contribution in [0.25, 0.3) is 0 Å². The van der Waals surface area contributed by atoms with Gasteiger partial charge in [0.25, 0.3) is 0 Å². The first-order chi connectivity index (χ1) is 5.47. The van der Waals surface area contributed by atoms with Crippen LogP contribution >= 0.6 is 12.4 Å². The highest BCUT2D eigenvalue weighted by atomic mass is 35.5. The number of aliphatic hydroxyl groups is 1. The number of nitrogens with two attached hydrogens (primary N) is 2. The second-order valence-electron chi connectivity index (χ2n) is 3.70. The largest absolute Gasteiger partial charge is 0.389 e. The van der Waals surface area contributed by atoms with E-state index in [4.69, 9.17) is 11.5 Å². The maximum Gasteiger partial charge on any atom is 0.225 e. The van der Waals surface area contributed by atoms with Crippen molar-refractivity contribution in [2.75, 3.05) is 0 Å². The Labute approximate surface area is 84.1 Å². The summed E-state index contributed by atoms with van der Waals surface area (Å²) in [6.45, 7) is 1.70. The fraction of sp³-hybridized carbons (Fsp3) is 0.875. The van der Waals surface area contributed by atoms with Gasteiger partial charge in [-0.25, -0.2) is 0 Å². The quantitative estimate of drug-likeness (QED) is 0.599. The molecule has 5 heteroatoms. The van der Waals surface area contributed by atoms with Crippen molar-refractivity contribution in [2.45, 2.75) is 37.8 Å². The van der Waals surface area contributed by atoms with E-state index in [9.17, 15) is 9.90 Å². The SMILES string of the molecule is CC(N)C(C(N)=O)C1(O)CCC1.Cl. The molecule has 0 bridgehead atoms. The number of amides is 1. The Morgan fingerprint density at radius 3 is 2.08 bits per heavy atom. The summed E-state index contributed by atoms with van der Waals surface area (Å²) in [5.41, 5.74) is 9.81. The first-order valence-corrected chi connectivity index (χ1v) is 4.24. The van der Waals surface area contributed by atoms with Crippen LogP contribution < -0.4 is 11.5 Å². The third-order valence-corrected chi connectivity index (χ3v) is 2.63. The normalized spacial score (nSPS) is 23.6. The first-order valence-electron chi connectivity index (χ1n) is 4.24. The summed E-state index contributed by atoms with van der Waals surface area (Å²) in [4.78, 5) is 11.0. The van der Waals surface area contributed by atoms with E-state index in [0.29, 0.717) is 12.8 Å². The predicted octanol–water partition coefficient (Wildman–Crippen LogP) is -0.228. The van der Waals surface area contributed by atoms with Crippen molar-refractivity contribution in [3.05, 3.63) is 0 Å². The van der Waals surface area contributed by atoms with Crippen LogP contribution in [0, 0.1) is 5.92 Å². The number of rotatable bonds is 3. The van der Waals surface area contributed by atoms with E-state index >= 15 is 0 Å². The van der Waals surface area contributed by atoms with Gasteiger partial charge in [-0.05, 0) is 26.2 Å². The Morgan fingerprint density at radius 2 is 2.00 bits per heavy atom. The van der Waals surface area contributed by atoms with Crippen LogP contribution in [0.15, 0.2) is 0 Å². The molecule has 0 aromatic rings. The Hall–Kier alpha value is -0.320. The Kier molecular flexibility index (Phi) is 4.16. The van der Waals surface area contributed by atoms with Crippen molar-refractivity contribution >= 4 is 18.3 Å². The van der Waals surface area contributed by atoms with E-state index in [0.717, 1.165) is 6.42 Å². The molecule has 0 saturated heterocycles. The lowest BCUT2D eigenvalue weighted by molar-refractivity contribution is -0.142. The molecule has 0 radical (unpaired) electrons. The topological polar surface area (TPSA) is 89.3 Å². The second-order valence-corrected chi connectivity index (χ2v) is 3.70. The molecule has 5 N–H and O–H groups in total. The zero-order valence-electron chi connectivity index (χ0n) is 7.69. The molecule has 1 aliphatic rings. The van der Waals surface area contributed by atoms with Crippen molar-refractivity contribution in [3.63, 3.8) is 0 Å². The molecule has 1 fully saturated rings. The molecular formula is C8H17ClN2O2. The van der Waals surface area contributed by atoms with Crippen molar-refractivity contribution < 1.29 is 9.90 Å². The molecule has 0 aromatic heterocycles. The Balaban J connectivity index is 0.00000144. The predicted molar refractivity (Wildman–Crippen MR) is 52.4 cm³/mol. The molecule has 1 amide bonds. The summed E-state index contributed by atoms with van der Waals surface area (Å²) >= 11 is 0. The maximum atomic E-state index is 11.0. The molecule has 1 rings (SSSR count). The van der Waals surface area contributed by atoms with Gasteiger partial charge in [0, 0.05) is 6.04 Å². The van der Waals surface area contributed by atoms with Gasteiger partial charge in [-0.2, -0.15) is 0 Å². The van der Waals surface area contributed by atoms with E-state index in [1.54, 1.807) is 6.92 Å². The molecule has 2 unspecified atom stereocenters. The minimum Gasteiger partial charge on any atom is -0.389 e. The highest BCUT2D eigenvalue weighted by molar-refractivity contribution is 5.85. The molecular weight excluding hydrogens is 192 g/mol. The number of carbonyl (C=O) groups is 1. The minimum atomic E-state index is -0.917. The summed E-state index contributed by atoms with van der Waals surface area (Å²) in [6, 6.07) is -0.368. The molecule has 0 aliphatic heterocycles. The van der Waals surface area contributed by atoms with E-state index in [1.807, 2.05) is 0 Å². The third-order valence-electron chi connectivity index (χ3n) is 2.63. The molecule has 1 aliphatic carbocycles. The van der Waals surface area contributed by atoms with E-state index in [2.05, 4.69) is 0 Å². The van der Waals surface area contributed by atoms with Gasteiger partial charge >= 0.3 is 0 Å². The fourth-order valence-corrected chi connectivity index (χ4v) is 1.86. The minimum absolute atomic E-state index is 0. The van der Waals surface area contributed by atoms with Crippen molar-refractivity contribution in [3.8, 4) is 0 Å². The summed E-state index contributed by atoms with van der Waals surface area (Å²) < 4.78 is 0. The smallest absolute Gasteiger partial charge is 0.225 e. The molecule has 0 heterocycles. The highest BCUT2D eigenvalue weighted by Crippen LogP contribution is 2.39. The van der Waals surface area contributed by atoms with Gasteiger partial charge in [0.2, 0.25) is 5.91 Å². The second kappa shape index (κ2) is 4.26. The van der Waals surface area contributed by atoms with Crippen LogP contribution in [0.2, 0.25) is 0 Å². The van der Waals surface area contributed by atoms with Crippen LogP contribution in [0.3, 0.4) is 0 Å². The molecule has 1 saturated carbocycles. The average molecular weight is 209 g/mol. The number of carbonyl (C=O) groups excluding carboxylic acids is 1. The summed E-state index contributed by atoms with van der Waals surface area (Å²) in [6.07, 6.45) is 2.23. The third kappa shape index (κ3) is 2.33. The molecule has 78 valence electrons. The van der Waals surface area contributed by atoms with Gasteiger partial charge < -0.3 is 16.6 Å². The Morgan fingerprint density at radius 1 is 1.54 bits per heavy atom. The summed E-state index contributed by atoms with van der Waals surface area (Å²) in [5.74, 6) is -1.08. The monoisotopic (exact) mass is 208 g/mol. The van der Waals surface area contributed by atoms with E-state index in [1.165, 1.54) is 0 Å². The van der Waals surface area contributed by atoms with Gasteiger partial charge in [0.1, 0.15) is 0 Å². The lowest BCUT2D eigenvalue weighted by Gasteiger charge is -2.43. The highest BCUT2D eigenvalue weighted by Gasteiger charge is 2.46. The van der Waals surface area contributed by atoms with Crippen LogP contribution in [-0.4, -0.2) is 22.7 Å². The number of primary amides is 1. The van der Waals surface area contributed by atoms with Crippen LogP contribution in [-0.2, 0) is 4.79 Å². The molecule has 0 aromatic carbocycles. The number of hydrogen-bond donors (Lipinski definition) is 3. The van der Waals surface area contributed by atoms with Crippen LogP contribution in [0.4, 0.5) is 0 Å². The average Bonchev–Trinajstić information content (AvgIpc) is 1.82. The van der Waals surface area contributed by atoms with Gasteiger partial charge in [-0.3, -0.25) is 4.79 Å². The van der Waals surface area contributed by atoms with E-state index in [-0.39, 0.29) is 18.4 Å². The van der Waals surface area contributed by atoms with Gasteiger partial charge in [-0.15, -0.1) is 12.4 Å². The van der Waals surface area contributed by atoms with Crippen molar-refractivity contribution in [1.29, 1.82) is 0 Å². The number of hydrogen-bond acceptors (Lipinski definition) is 3. The molecule has 4 nitrogen and oxygen atoms in total. The fourth-order valence-electron chi connectivity index (χ4n) is 1.86. The molecule has 2 atom stereocenters. The van der Waals surface area contributed by atoms with Crippen molar-refractivity contribution in [1.82, 2.24) is 0 Å². The lowest BCUT2D eigenvalue weighted by atomic mass is 9.68. The summed E-state index contributed by atoms with van der Waals surface area (Å²) in [5, 5.41) is 9.83. The first kappa shape index (κ1) is 12.7. The van der Waals surface area contributed by atoms with E-state index < -0.39 is 17.4 Å². The maximum absolute atomic E-state index is 11.0. The molecule has 0 spiro atoms. The number of halogens is 1. The zero-order chi connectivity index (χ0) is 9.35. The van der Waals surface area contributed by atoms with Crippen LogP contribution in [0.1, 0.15) is 26.2 Å². The Bertz CT molecular complexity index is 193. The lowest BCUT2D eigenvalue weighted by Crippen LogP contribution is -2.56. The van der Waals surface area contributed by atoms with Crippen LogP contribution in [0.5, 0.6) is 0 Å². The molecule has 13 heavy (non-hydrogen) atoms. The van der Waals surface area contributed by atoms with Gasteiger partial charge in [0.15, 0.2) is 0 Å². The standard InChI is InChI=1S/C8H16N2O2.ClH/c1-5(9)6(7(10)11)8(12)3-2-4-8;/h5-6,12H,2-4,9H2,1H3,(H2,10,11);1H. The van der Waals surface area contributed by atoms with Gasteiger partial charge in [-0.1, -0.05) is 0 Å². The zero-order valence-corrected chi connectivity index (χ0v) is 8.51. The van der Waals surface area contributed by atoms with Crippen molar-refractivity contribution in [2.24, 2.45) is 17.4 Å². The van der Waals surface area contributed by atoms with Gasteiger partial charge in [0.05, 0.1) is 11.5 Å².